The van der Waals surface area contributed by atoms with Gasteiger partial charge >= 0.3 is 0 Å². The SMILES string of the molecule is CN1C(=O)COc2cc(NS(=O)(=O)CC3CCCOC3)ccc21. The zero-order valence-corrected chi connectivity index (χ0v) is 13.8. The normalized spacial score (nSPS) is 21.5. The highest BCUT2D eigenvalue weighted by Gasteiger charge is 2.24. The van der Waals surface area contributed by atoms with Crippen molar-refractivity contribution in [2.45, 2.75) is 12.8 Å². The maximum absolute atomic E-state index is 12.3. The van der Waals surface area contributed by atoms with Crippen LogP contribution in [-0.2, 0) is 19.6 Å². The Morgan fingerprint density at radius 1 is 1.39 bits per heavy atom. The Bertz CT molecular complexity index is 698. The third-order valence-corrected chi connectivity index (χ3v) is 5.49. The minimum absolute atomic E-state index is 0.0267. The van der Waals surface area contributed by atoms with E-state index in [1.54, 1.807) is 25.2 Å². The fraction of sp³-hybridized carbons (Fsp3) is 0.533. The van der Waals surface area contributed by atoms with Gasteiger partial charge in [0.05, 0.1) is 23.7 Å². The van der Waals surface area contributed by atoms with Gasteiger partial charge in [-0.3, -0.25) is 9.52 Å². The summed E-state index contributed by atoms with van der Waals surface area (Å²) in [6.45, 7) is 1.15. The van der Waals surface area contributed by atoms with Crippen LogP contribution in [0.2, 0.25) is 0 Å². The fourth-order valence-corrected chi connectivity index (χ4v) is 4.26. The van der Waals surface area contributed by atoms with E-state index in [0.717, 1.165) is 12.8 Å². The first-order chi connectivity index (χ1) is 10.9. The van der Waals surface area contributed by atoms with Crippen molar-refractivity contribution in [3.8, 4) is 5.75 Å². The monoisotopic (exact) mass is 340 g/mol. The van der Waals surface area contributed by atoms with Gasteiger partial charge in [-0.15, -0.1) is 0 Å². The molecule has 0 bridgehead atoms. The van der Waals surface area contributed by atoms with Gasteiger partial charge in [0.2, 0.25) is 10.0 Å². The van der Waals surface area contributed by atoms with Crippen molar-refractivity contribution < 1.29 is 22.7 Å². The zero-order valence-electron chi connectivity index (χ0n) is 12.9. The number of rotatable bonds is 4. The van der Waals surface area contributed by atoms with Gasteiger partial charge in [-0.1, -0.05) is 0 Å². The zero-order chi connectivity index (χ0) is 16.4. The predicted molar refractivity (Wildman–Crippen MR) is 86.3 cm³/mol. The quantitative estimate of drug-likeness (QED) is 0.890. The smallest absolute Gasteiger partial charge is 0.264 e. The topological polar surface area (TPSA) is 84.9 Å². The standard InChI is InChI=1S/C15H20N2O5S/c1-17-13-5-4-12(7-14(13)22-9-15(17)18)16-23(19,20)10-11-3-2-6-21-8-11/h4-5,7,11,16H,2-3,6,8-10H2,1H3. The summed E-state index contributed by atoms with van der Waals surface area (Å²) in [6.07, 6.45) is 1.76. The summed E-state index contributed by atoms with van der Waals surface area (Å²) in [5.74, 6) is 0.430. The second-order valence-electron chi connectivity index (χ2n) is 5.89. The van der Waals surface area contributed by atoms with E-state index in [-0.39, 0.29) is 24.2 Å². The van der Waals surface area contributed by atoms with E-state index in [9.17, 15) is 13.2 Å². The van der Waals surface area contributed by atoms with E-state index in [2.05, 4.69) is 4.72 Å². The molecule has 0 spiro atoms. The average molecular weight is 340 g/mol. The number of amides is 1. The maximum atomic E-state index is 12.3. The van der Waals surface area contributed by atoms with Crippen LogP contribution >= 0.6 is 0 Å². The number of fused-ring (bicyclic) bond motifs is 1. The lowest BCUT2D eigenvalue weighted by Gasteiger charge is -2.26. The van der Waals surface area contributed by atoms with Gasteiger partial charge in [-0.2, -0.15) is 0 Å². The highest BCUT2D eigenvalue weighted by molar-refractivity contribution is 7.92. The average Bonchev–Trinajstić information content (AvgIpc) is 2.51. The summed E-state index contributed by atoms with van der Waals surface area (Å²) in [5, 5.41) is 0. The van der Waals surface area contributed by atoms with Gasteiger partial charge in [0.15, 0.2) is 6.61 Å². The van der Waals surface area contributed by atoms with E-state index in [1.165, 1.54) is 4.90 Å². The third-order valence-electron chi connectivity index (χ3n) is 4.03. The number of sulfonamides is 1. The number of carbonyl (C=O) groups excluding carboxylic acids is 1. The number of benzene rings is 1. The number of likely N-dealkylation sites (N-methyl/N-ethyl adjacent to an activating group) is 1. The molecule has 1 aromatic carbocycles. The van der Waals surface area contributed by atoms with Gasteiger partial charge in [0.25, 0.3) is 5.91 Å². The number of nitrogens with one attached hydrogen (secondary N) is 1. The first-order valence-corrected chi connectivity index (χ1v) is 9.21. The Morgan fingerprint density at radius 2 is 2.22 bits per heavy atom. The molecule has 1 amide bonds. The molecule has 1 N–H and O–H groups in total. The summed E-state index contributed by atoms with van der Waals surface area (Å²) in [5.41, 5.74) is 1.06. The molecule has 0 aliphatic carbocycles. The second-order valence-corrected chi connectivity index (χ2v) is 7.66. The predicted octanol–water partition coefficient (Wildman–Crippen LogP) is 1.21. The molecule has 126 valence electrons. The summed E-state index contributed by atoms with van der Waals surface area (Å²) < 4.78 is 37.8. The van der Waals surface area contributed by atoms with Crippen LogP contribution in [0.5, 0.6) is 5.75 Å². The minimum Gasteiger partial charge on any atom is -0.481 e. The number of anilines is 2. The first kappa shape index (κ1) is 16.1. The minimum atomic E-state index is -3.45. The van der Waals surface area contributed by atoms with Crippen molar-refractivity contribution in [3.63, 3.8) is 0 Å². The Morgan fingerprint density at radius 3 is 2.96 bits per heavy atom. The molecule has 0 saturated carbocycles. The van der Waals surface area contributed by atoms with Crippen molar-refractivity contribution in [2.24, 2.45) is 5.92 Å². The summed E-state index contributed by atoms with van der Waals surface area (Å²) >= 11 is 0. The molecule has 1 unspecified atom stereocenters. The van der Waals surface area contributed by atoms with Crippen LogP contribution in [0, 0.1) is 5.92 Å². The highest BCUT2D eigenvalue weighted by Crippen LogP contribution is 2.34. The maximum Gasteiger partial charge on any atom is 0.264 e. The van der Waals surface area contributed by atoms with Crippen LogP contribution < -0.4 is 14.4 Å². The number of ether oxygens (including phenoxy) is 2. The Hall–Kier alpha value is -1.80. The van der Waals surface area contributed by atoms with E-state index in [0.29, 0.717) is 30.3 Å². The molecule has 0 radical (unpaired) electrons. The third kappa shape index (κ3) is 3.76. The molecule has 2 aliphatic rings. The van der Waals surface area contributed by atoms with Crippen LogP contribution in [0.25, 0.3) is 0 Å². The Kier molecular flexibility index (Phi) is 4.45. The number of carbonyl (C=O) groups is 1. The van der Waals surface area contributed by atoms with Crippen molar-refractivity contribution >= 4 is 27.3 Å². The van der Waals surface area contributed by atoms with E-state index in [1.807, 2.05) is 0 Å². The Labute approximate surface area is 135 Å². The van der Waals surface area contributed by atoms with Gasteiger partial charge in [0, 0.05) is 19.7 Å². The van der Waals surface area contributed by atoms with Crippen LogP contribution in [-0.4, -0.2) is 46.9 Å². The lowest BCUT2D eigenvalue weighted by molar-refractivity contribution is -0.120. The molecule has 1 saturated heterocycles. The van der Waals surface area contributed by atoms with E-state index in [4.69, 9.17) is 9.47 Å². The molecular formula is C15H20N2O5S. The second kappa shape index (κ2) is 6.37. The fourth-order valence-electron chi connectivity index (χ4n) is 2.81. The molecule has 2 heterocycles. The molecule has 1 aromatic rings. The number of hydrogen-bond donors (Lipinski definition) is 1. The van der Waals surface area contributed by atoms with Gasteiger partial charge in [-0.05, 0) is 30.9 Å². The van der Waals surface area contributed by atoms with Crippen molar-refractivity contribution in [1.29, 1.82) is 0 Å². The molecular weight excluding hydrogens is 320 g/mol. The molecule has 3 rings (SSSR count). The largest absolute Gasteiger partial charge is 0.481 e. The molecule has 8 heteroatoms. The van der Waals surface area contributed by atoms with E-state index >= 15 is 0 Å². The number of hydrogen-bond acceptors (Lipinski definition) is 5. The van der Waals surface area contributed by atoms with Crippen LogP contribution in [0.1, 0.15) is 12.8 Å². The van der Waals surface area contributed by atoms with Gasteiger partial charge < -0.3 is 14.4 Å². The van der Waals surface area contributed by atoms with Crippen LogP contribution in [0.3, 0.4) is 0 Å². The summed E-state index contributed by atoms with van der Waals surface area (Å²) in [4.78, 5) is 13.1. The van der Waals surface area contributed by atoms with Crippen molar-refractivity contribution in [2.75, 3.05) is 42.2 Å². The molecule has 7 nitrogen and oxygen atoms in total. The lowest BCUT2D eigenvalue weighted by Crippen LogP contribution is -2.35. The van der Waals surface area contributed by atoms with Crippen molar-refractivity contribution in [1.82, 2.24) is 0 Å². The van der Waals surface area contributed by atoms with Crippen molar-refractivity contribution in [3.05, 3.63) is 18.2 Å². The molecule has 2 aliphatic heterocycles. The Balaban J connectivity index is 1.71. The van der Waals surface area contributed by atoms with Crippen LogP contribution in [0.15, 0.2) is 18.2 Å². The van der Waals surface area contributed by atoms with Crippen LogP contribution in [0.4, 0.5) is 11.4 Å². The molecule has 23 heavy (non-hydrogen) atoms. The molecule has 1 atom stereocenters. The van der Waals surface area contributed by atoms with E-state index < -0.39 is 10.0 Å². The molecule has 1 fully saturated rings. The summed E-state index contributed by atoms with van der Waals surface area (Å²) in [7, 11) is -1.79. The molecule has 0 aromatic heterocycles. The van der Waals surface area contributed by atoms with Gasteiger partial charge in [-0.25, -0.2) is 8.42 Å². The highest BCUT2D eigenvalue weighted by atomic mass is 32.2. The van der Waals surface area contributed by atoms with Gasteiger partial charge in [0.1, 0.15) is 5.75 Å². The lowest BCUT2D eigenvalue weighted by atomic mass is 10.1. The summed E-state index contributed by atoms with van der Waals surface area (Å²) in [6, 6.07) is 4.91. The number of nitrogens with zero attached hydrogens (tertiary/aromatic N) is 1. The first-order valence-electron chi connectivity index (χ1n) is 7.56.